The Morgan fingerprint density at radius 3 is 2.62 bits per heavy atom. The number of halogens is 2. The van der Waals surface area contributed by atoms with E-state index >= 15 is 0 Å². The molecule has 0 aliphatic rings. The Morgan fingerprint density at radius 1 is 1.05 bits per heavy atom. The molecule has 0 bridgehead atoms. The molecular formula is C16H10BrClN2O. The van der Waals surface area contributed by atoms with Crippen LogP contribution < -0.4 is 5.32 Å². The summed E-state index contributed by atoms with van der Waals surface area (Å²) >= 11 is 9.30. The fourth-order valence-electron chi connectivity index (χ4n) is 2.02. The van der Waals surface area contributed by atoms with Crippen LogP contribution in [0.15, 0.2) is 59.2 Å². The molecule has 1 aromatic heterocycles. The lowest BCUT2D eigenvalue weighted by Crippen LogP contribution is -2.12. The van der Waals surface area contributed by atoms with E-state index in [1.54, 1.807) is 24.4 Å². The molecule has 3 rings (SSSR count). The van der Waals surface area contributed by atoms with Crippen LogP contribution in [0.1, 0.15) is 10.4 Å². The Hall–Kier alpha value is -1.91. The average molecular weight is 362 g/mol. The van der Waals surface area contributed by atoms with Gasteiger partial charge in [-0.1, -0.05) is 39.7 Å². The van der Waals surface area contributed by atoms with Gasteiger partial charge in [0.2, 0.25) is 0 Å². The summed E-state index contributed by atoms with van der Waals surface area (Å²) in [7, 11) is 0. The maximum atomic E-state index is 12.2. The van der Waals surface area contributed by atoms with Gasteiger partial charge in [0, 0.05) is 21.3 Å². The minimum absolute atomic E-state index is 0.213. The van der Waals surface area contributed by atoms with Gasteiger partial charge in [-0.15, -0.1) is 0 Å². The number of rotatable bonds is 2. The van der Waals surface area contributed by atoms with Crippen molar-refractivity contribution < 1.29 is 4.79 Å². The molecule has 1 amide bonds. The van der Waals surface area contributed by atoms with E-state index in [1.165, 1.54) is 0 Å². The van der Waals surface area contributed by atoms with Gasteiger partial charge in [-0.2, -0.15) is 0 Å². The first-order valence-corrected chi connectivity index (χ1v) is 7.41. The summed E-state index contributed by atoms with van der Waals surface area (Å²) in [6, 6.07) is 14.7. The van der Waals surface area contributed by atoms with Gasteiger partial charge in [-0.05, 0) is 47.2 Å². The van der Waals surface area contributed by atoms with Crippen LogP contribution in [-0.4, -0.2) is 10.9 Å². The van der Waals surface area contributed by atoms with Crippen LogP contribution in [0.4, 0.5) is 5.82 Å². The lowest BCUT2D eigenvalue weighted by Gasteiger charge is -2.06. The average Bonchev–Trinajstić information content (AvgIpc) is 2.46. The van der Waals surface area contributed by atoms with Crippen molar-refractivity contribution >= 4 is 50.0 Å². The molecule has 0 saturated heterocycles. The molecule has 5 heteroatoms. The molecule has 0 saturated carbocycles. The van der Waals surface area contributed by atoms with Crippen LogP contribution >= 0.6 is 27.5 Å². The monoisotopic (exact) mass is 360 g/mol. The van der Waals surface area contributed by atoms with Crippen LogP contribution in [0.5, 0.6) is 0 Å². The quantitative estimate of drug-likeness (QED) is 0.705. The van der Waals surface area contributed by atoms with E-state index in [0.717, 1.165) is 15.2 Å². The maximum absolute atomic E-state index is 12.2. The van der Waals surface area contributed by atoms with Crippen molar-refractivity contribution in [3.05, 3.63) is 69.8 Å². The lowest BCUT2D eigenvalue weighted by atomic mass is 10.1. The predicted octanol–water partition coefficient (Wildman–Crippen LogP) is 4.90. The second-order valence-electron chi connectivity index (χ2n) is 4.52. The lowest BCUT2D eigenvalue weighted by molar-refractivity contribution is 0.102. The Bertz CT molecular complexity index is 835. The van der Waals surface area contributed by atoms with Crippen LogP contribution in [0.2, 0.25) is 5.02 Å². The summed E-state index contributed by atoms with van der Waals surface area (Å²) in [5, 5.41) is 5.34. The molecule has 0 aliphatic carbocycles. The van der Waals surface area contributed by atoms with Gasteiger partial charge in [0.05, 0.1) is 0 Å². The van der Waals surface area contributed by atoms with Gasteiger partial charge in [0.25, 0.3) is 5.91 Å². The Kier molecular flexibility index (Phi) is 3.90. The van der Waals surface area contributed by atoms with Crippen molar-refractivity contribution in [3.8, 4) is 0 Å². The highest BCUT2D eigenvalue weighted by Crippen LogP contribution is 2.21. The molecule has 0 unspecified atom stereocenters. The summed E-state index contributed by atoms with van der Waals surface area (Å²) in [4.78, 5) is 16.3. The largest absolute Gasteiger partial charge is 0.307 e. The first kappa shape index (κ1) is 14.0. The number of benzene rings is 2. The standard InChI is InChI=1S/C16H10BrClN2O/c17-13-4-3-10-7-12(2-1-11(10)8-13)16(21)20-15-9-14(18)5-6-19-15/h1-9H,(H,19,20,21). The third-order valence-electron chi connectivity index (χ3n) is 3.03. The topological polar surface area (TPSA) is 42.0 Å². The number of nitrogens with one attached hydrogen (secondary N) is 1. The van der Waals surface area contributed by atoms with Crippen LogP contribution in [0.25, 0.3) is 10.8 Å². The van der Waals surface area contributed by atoms with Crippen molar-refractivity contribution in [2.45, 2.75) is 0 Å². The van der Waals surface area contributed by atoms with E-state index in [9.17, 15) is 4.79 Å². The second-order valence-corrected chi connectivity index (χ2v) is 5.87. The van der Waals surface area contributed by atoms with Crippen molar-refractivity contribution in [2.75, 3.05) is 5.32 Å². The van der Waals surface area contributed by atoms with Crippen LogP contribution in [0.3, 0.4) is 0 Å². The van der Waals surface area contributed by atoms with E-state index in [0.29, 0.717) is 16.4 Å². The SMILES string of the molecule is O=C(Nc1cc(Cl)ccn1)c1ccc2cc(Br)ccc2c1. The molecule has 3 aromatic rings. The molecule has 3 nitrogen and oxygen atoms in total. The number of nitrogens with zero attached hydrogens (tertiary/aromatic N) is 1. The van der Waals surface area contributed by atoms with Gasteiger partial charge in [0.15, 0.2) is 0 Å². The van der Waals surface area contributed by atoms with Crippen molar-refractivity contribution in [1.29, 1.82) is 0 Å². The summed E-state index contributed by atoms with van der Waals surface area (Å²) in [6.45, 7) is 0. The third-order valence-corrected chi connectivity index (χ3v) is 3.76. The molecule has 0 spiro atoms. The molecule has 104 valence electrons. The summed E-state index contributed by atoms with van der Waals surface area (Å²) in [5.41, 5.74) is 0.576. The minimum Gasteiger partial charge on any atom is -0.307 e. The first-order chi connectivity index (χ1) is 10.1. The van der Waals surface area contributed by atoms with E-state index < -0.39 is 0 Å². The molecular weight excluding hydrogens is 352 g/mol. The van der Waals surface area contributed by atoms with E-state index in [1.807, 2.05) is 30.3 Å². The van der Waals surface area contributed by atoms with Gasteiger partial charge in [0.1, 0.15) is 5.82 Å². The molecule has 1 heterocycles. The number of carbonyl (C=O) groups excluding carboxylic acids is 1. The molecule has 21 heavy (non-hydrogen) atoms. The van der Waals surface area contributed by atoms with Crippen molar-refractivity contribution in [3.63, 3.8) is 0 Å². The zero-order chi connectivity index (χ0) is 14.8. The maximum Gasteiger partial charge on any atom is 0.256 e. The Labute approximate surface area is 135 Å². The number of pyridine rings is 1. The first-order valence-electron chi connectivity index (χ1n) is 6.24. The van der Waals surface area contributed by atoms with Gasteiger partial charge >= 0.3 is 0 Å². The number of hydrogen-bond donors (Lipinski definition) is 1. The van der Waals surface area contributed by atoms with E-state index in [-0.39, 0.29) is 5.91 Å². The van der Waals surface area contributed by atoms with Gasteiger partial charge in [-0.3, -0.25) is 4.79 Å². The van der Waals surface area contributed by atoms with Crippen LogP contribution in [-0.2, 0) is 0 Å². The number of amides is 1. The number of carbonyl (C=O) groups is 1. The highest BCUT2D eigenvalue weighted by molar-refractivity contribution is 9.10. The number of fused-ring (bicyclic) bond motifs is 1. The molecule has 0 atom stereocenters. The number of aromatic nitrogens is 1. The smallest absolute Gasteiger partial charge is 0.256 e. The van der Waals surface area contributed by atoms with E-state index in [2.05, 4.69) is 26.2 Å². The Balaban J connectivity index is 1.89. The molecule has 2 aromatic carbocycles. The summed E-state index contributed by atoms with van der Waals surface area (Å²) in [6.07, 6.45) is 1.55. The van der Waals surface area contributed by atoms with Crippen molar-refractivity contribution in [1.82, 2.24) is 4.98 Å². The number of hydrogen-bond acceptors (Lipinski definition) is 2. The summed E-state index contributed by atoms with van der Waals surface area (Å²) < 4.78 is 1.01. The fraction of sp³-hybridized carbons (Fsp3) is 0. The normalized spacial score (nSPS) is 10.6. The zero-order valence-corrected chi connectivity index (χ0v) is 13.1. The van der Waals surface area contributed by atoms with Crippen LogP contribution in [0, 0.1) is 0 Å². The number of anilines is 1. The van der Waals surface area contributed by atoms with E-state index in [4.69, 9.17) is 11.6 Å². The highest BCUT2D eigenvalue weighted by Gasteiger charge is 2.08. The minimum atomic E-state index is -0.213. The summed E-state index contributed by atoms with van der Waals surface area (Å²) in [5.74, 6) is 0.220. The van der Waals surface area contributed by atoms with Crippen molar-refractivity contribution in [2.24, 2.45) is 0 Å². The van der Waals surface area contributed by atoms with Gasteiger partial charge < -0.3 is 5.32 Å². The third kappa shape index (κ3) is 3.23. The Morgan fingerprint density at radius 2 is 1.81 bits per heavy atom. The second kappa shape index (κ2) is 5.84. The highest BCUT2D eigenvalue weighted by atomic mass is 79.9. The zero-order valence-electron chi connectivity index (χ0n) is 10.8. The predicted molar refractivity (Wildman–Crippen MR) is 88.8 cm³/mol. The fourth-order valence-corrected chi connectivity index (χ4v) is 2.56. The molecule has 0 aliphatic heterocycles. The van der Waals surface area contributed by atoms with Gasteiger partial charge in [-0.25, -0.2) is 4.98 Å². The molecule has 0 fully saturated rings. The molecule has 1 N–H and O–H groups in total. The molecule has 0 radical (unpaired) electrons.